The summed E-state index contributed by atoms with van der Waals surface area (Å²) in [7, 11) is 1.54. The van der Waals surface area contributed by atoms with E-state index in [1.165, 1.54) is 31.4 Å². The number of para-hydroxylation sites is 2. The third-order valence-electron chi connectivity index (χ3n) is 4.98. The zero-order chi connectivity index (χ0) is 23.5. The molecule has 33 heavy (non-hydrogen) atoms. The van der Waals surface area contributed by atoms with E-state index >= 15 is 0 Å². The maximum atomic E-state index is 12.9. The fraction of sp³-hybridized carbons (Fsp3) is 0.143. The van der Waals surface area contributed by atoms with Crippen LogP contribution in [0.3, 0.4) is 0 Å². The van der Waals surface area contributed by atoms with Gasteiger partial charge < -0.3 is 20.7 Å². The number of hydrogen-bond acceptors (Lipinski definition) is 8. The van der Waals surface area contributed by atoms with Gasteiger partial charge in [-0.2, -0.15) is 4.98 Å². The number of benzene rings is 2. The molecular weight excluding hydrogens is 432 g/mol. The Kier molecular flexibility index (Phi) is 5.72. The highest BCUT2D eigenvalue weighted by atomic mass is 16.6. The van der Waals surface area contributed by atoms with Gasteiger partial charge in [-0.3, -0.25) is 29.5 Å². The summed E-state index contributed by atoms with van der Waals surface area (Å²) in [6.45, 7) is 0. The maximum Gasteiger partial charge on any atom is 0.292 e. The molecule has 0 spiro atoms. The summed E-state index contributed by atoms with van der Waals surface area (Å²) in [4.78, 5) is 55.3. The van der Waals surface area contributed by atoms with Crippen molar-refractivity contribution in [3.63, 3.8) is 0 Å². The highest BCUT2D eigenvalue weighted by Crippen LogP contribution is 2.31. The van der Waals surface area contributed by atoms with Gasteiger partial charge in [0.05, 0.1) is 23.5 Å². The van der Waals surface area contributed by atoms with Gasteiger partial charge in [0.2, 0.25) is 17.8 Å². The summed E-state index contributed by atoms with van der Waals surface area (Å²) in [6, 6.07) is 12.4. The lowest BCUT2D eigenvalue weighted by atomic mass is 9.92. The molecular formula is C21H18N6O6. The van der Waals surface area contributed by atoms with Crippen LogP contribution in [0.1, 0.15) is 17.9 Å². The third kappa shape index (κ3) is 4.49. The molecule has 12 nitrogen and oxygen atoms in total. The predicted molar refractivity (Wildman–Crippen MR) is 119 cm³/mol. The Labute approximate surface area is 186 Å². The Morgan fingerprint density at radius 1 is 1.18 bits per heavy atom. The number of ether oxygens (including phenoxy) is 1. The molecule has 0 bridgehead atoms. The number of aromatic nitrogens is 2. The normalized spacial score (nSPS) is 14.6. The van der Waals surface area contributed by atoms with Crippen molar-refractivity contribution < 1.29 is 19.2 Å². The number of aromatic amines is 1. The molecule has 1 aliphatic heterocycles. The number of hydrogen-bond donors (Lipinski definition) is 4. The van der Waals surface area contributed by atoms with Crippen LogP contribution in [0.25, 0.3) is 0 Å². The fourth-order valence-electron chi connectivity index (χ4n) is 3.42. The second-order valence-corrected chi connectivity index (χ2v) is 7.10. The van der Waals surface area contributed by atoms with Gasteiger partial charge >= 0.3 is 0 Å². The van der Waals surface area contributed by atoms with Gasteiger partial charge in [-0.15, -0.1) is 0 Å². The minimum atomic E-state index is -1.18. The molecule has 2 amide bonds. The van der Waals surface area contributed by atoms with Crippen LogP contribution >= 0.6 is 0 Å². The summed E-state index contributed by atoms with van der Waals surface area (Å²) in [5, 5.41) is 19.1. The maximum absolute atomic E-state index is 12.9. The Balaban J connectivity index is 1.63. The molecule has 0 fully saturated rings. The number of nitrogens with zero attached hydrogens (tertiary/aromatic N) is 2. The second kappa shape index (κ2) is 8.78. The Morgan fingerprint density at radius 2 is 1.91 bits per heavy atom. The summed E-state index contributed by atoms with van der Waals surface area (Å²) in [5.41, 5.74) is -0.406. The highest BCUT2D eigenvalue weighted by molar-refractivity contribution is 6.05. The van der Waals surface area contributed by atoms with E-state index in [-0.39, 0.29) is 35.1 Å². The number of rotatable bonds is 6. The number of amides is 2. The predicted octanol–water partition coefficient (Wildman–Crippen LogP) is 2.49. The molecule has 1 aromatic heterocycles. The molecule has 4 N–H and O–H groups in total. The number of fused-ring (bicyclic) bond motifs is 1. The van der Waals surface area contributed by atoms with E-state index in [9.17, 15) is 24.5 Å². The number of methoxy groups -OCH3 is 1. The van der Waals surface area contributed by atoms with Gasteiger partial charge in [0.15, 0.2) is 0 Å². The van der Waals surface area contributed by atoms with Gasteiger partial charge in [-0.1, -0.05) is 12.1 Å². The third-order valence-corrected chi connectivity index (χ3v) is 4.98. The van der Waals surface area contributed by atoms with E-state index in [1.54, 1.807) is 24.3 Å². The number of H-pyrrole nitrogens is 1. The van der Waals surface area contributed by atoms with Crippen molar-refractivity contribution in [2.75, 3.05) is 23.1 Å². The number of nitro groups is 1. The van der Waals surface area contributed by atoms with Crippen LogP contribution in [0.15, 0.2) is 53.3 Å². The number of anilines is 4. The number of carbonyl (C=O) groups is 2. The molecule has 12 heteroatoms. The van der Waals surface area contributed by atoms with Crippen molar-refractivity contribution in [2.45, 2.75) is 12.3 Å². The lowest BCUT2D eigenvalue weighted by molar-refractivity contribution is -0.383. The summed E-state index contributed by atoms with van der Waals surface area (Å²) in [5.74, 6) is -1.79. The topological polar surface area (TPSA) is 168 Å². The first kappa shape index (κ1) is 21.5. The van der Waals surface area contributed by atoms with Crippen LogP contribution in [0.5, 0.6) is 5.75 Å². The van der Waals surface area contributed by atoms with Gasteiger partial charge in [-0.25, -0.2) is 0 Å². The summed E-state index contributed by atoms with van der Waals surface area (Å²) < 4.78 is 5.10. The Morgan fingerprint density at radius 3 is 2.61 bits per heavy atom. The van der Waals surface area contributed by atoms with Crippen molar-refractivity contribution in [3.05, 3.63) is 74.6 Å². The highest BCUT2D eigenvalue weighted by Gasteiger charge is 2.35. The van der Waals surface area contributed by atoms with E-state index in [0.717, 1.165) is 0 Å². The van der Waals surface area contributed by atoms with E-state index in [0.29, 0.717) is 11.4 Å². The van der Waals surface area contributed by atoms with E-state index in [2.05, 4.69) is 25.9 Å². The Hall–Kier alpha value is -4.74. The van der Waals surface area contributed by atoms with E-state index < -0.39 is 28.2 Å². The van der Waals surface area contributed by atoms with Crippen LogP contribution in [-0.4, -0.2) is 33.8 Å². The average molecular weight is 450 g/mol. The molecule has 1 aliphatic rings. The van der Waals surface area contributed by atoms with Gasteiger partial charge in [0.1, 0.15) is 17.3 Å². The standard InChI is InChI=1S/C21H18N6O6/c1-33-12-8-6-11(7-9-12)22-21-25-18-17(20(30)26-21)13(10-16(28)24-18)19(29)23-14-4-2-3-5-15(14)27(31)32/h2-9,13H,10H2,1H3,(H,23,29)(H3,22,24,25,26,28,30). The summed E-state index contributed by atoms with van der Waals surface area (Å²) in [6.07, 6.45) is -0.310. The quantitative estimate of drug-likeness (QED) is 0.328. The van der Waals surface area contributed by atoms with Crippen LogP contribution in [0, 0.1) is 10.1 Å². The molecule has 3 aromatic rings. The molecule has 168 valence electrons. The van der Waals surface area contributed by atoms with E-state index in [1.807, 2.05) is 0 Å². The van der Waals surface area contributed by atoms with Crippen LogP contribution in [0.4, 0.5) is 28.8 Å². The average Bonchev–Trinajstić information content (AvgIpc) is 2.79. The lowest BCUT2D eigenvalue weighted by Gasteiger charge is -2.23. The minimum Gasteiger partial charge on any atom is -0.497 e. The zero-order valence-corrected chi connectivity index (χ0v) is 17.2. The van der Waals surface area contributed by atoms with Crippen molar-refractivity contribution >= 4 is 40.6 Å². The minimum absolute atomic E-state index is 0.0361. The van der Waals surface area contributed by atoms with Crippen LogP contribution < -0.4 is 26.2 Å². The molecule has 0 aliphatic carbocycles. The monoisotopic (exact) mass is 450 g/mol. The SMILES string of the molecule is COc1ccc(Nc2nc3c(c(=O)[nH]2)C(C(=O)Nc2ccccc2[N+](=O)[O-])CC(=O)N3)cc1. The molecule has 2 heterocycles. The molecule has 2 aromatic carbocycles. The summed E-state index contributed by atoms with van der Waals surface area (Å²) >= 11 is 0. The van der Waals surface area contributed by atoms with Crippen molar-refractivity contribution in [1.29, 1.82) is 0 Å². The van der Waals surface area contributed by atoms with Crippen LogP contribution in [0.2, 0.25) is 0 Å². The number of nitrogens with one attached hydrogen (secondary N) is 4. The lowest BCUT2D eigenvalue weighted by Crippen LogP contribution is -2.36. The second-order valence-electron chi connectivity index (χ2n) is 7.10. The first-order valence-corrected chi connectivity index (χ1v) is 9.75. The largest absolute Gasteiger partial charge is 0.497 e. The molecule has 0 radical (unpaired) electrons. The first-order chi connectivity index (χ1) is 15.9. The van der Waals surface area contributed by atoms with Crippen molar-refractivity contribution in [1.82, 2.24) is 9.97 Å². The molecule has 0 saturated carbocycles. The van der Waals surface area contributed by atoms with Gasteiger partial charge in [-0.05, 0) is 30.3 Å². The smallest absolute Gasteiger partial charge is 0.292 e. The van der Waals surface area contributed by atoms with E-state index in [4.69, 9.17) is 4.74 Å². The molecule has 4 rings (SSSR count). The first-order valence-electron chi connectivity index (χ1n) is 9.75. The van der Waals surface area contributed by atoms with Gasteiger partial charge in [0.25, 0.3) is 11.2 Å². The number of nitro benzene ring substituents is 1. The van der Waals surface area contributed by atoms with Gasteiger partial charge in [0, 0.05) is 18.2 Å². The van der Waals surface area contributed by atoms with Crippen molar-refractivity contribution in [2.24, 2.45) is 0 Å². The fourth-order valence-corrected chi connectivity index (χ4v) is 3.42. The zero-order valence-electron chi connectivity index (χ0n) is 17.2. The molecule has 1 unspecified atom stereocenters. The van der Waals surface area contributed by atoms with Crippen LogP contribution in [-0.2, 0) is 9.59 Å². The Bertz CT molecular complexity index is 1300. The molecule has 0 saturated heterocycles. The van der Waals surface area contributed by atoms with Crippen molar-refractivity contribution in [3.8, 4) is 5.75 Å². The molecule has 1 atom stereocenters. The number of carbonyl (C=O) groups excluding carboxylic acids is 2.